The molecule has 0 aliphatic heterocycles. The molecule has 0 amide bonds. The molecule has 0 aliphatic rings. The zero-order chi connectivity index (χ0) is 19.5. The first-order valence-corrected chi connectivity index (χ1v) is 10.7. The van der Waals surface area contributed by atoms with Crippen molar-refractivity contribution in [3.63, 3.8) is 0 Å². The molecule has 0 radical (unpaired) electrons. The maximum Gasteiger partial charge on any atom is 0.191 e. The number of benzene rings is 2. The van der Waals surface area contributed by atoms with E-state index in [0.717, 1.165) is 29.7 Å². The number of nitrogens with zero attached hydrogens (tertiary/aromatic N) is 1. The highest BCUT2D eigenvalue weighted by molar-refractivity contribution is 14.0. The minimum atomic E-state index is -0.930. The van der Waals surface area contributed by atoms with Gasteiger partial charge in [0.25, 0.3) is 0 Å². The maximum atomic E-state index is 13.2. The van der Waals surface area contributed by atoms with Crippen LogP contribution in [0.1, 0.15) is 23.6 Å². The maximum absolute atomic E-state index is 13.2. The molecule has 2 aromatic carbocycles. The zero-order valence-electron chi connectivity index (χ0n) is 16.4. The largest absolute Gasteiger partial charge is 0.357 e. The highest BCUT2D eigenvalue weighted by Gasteiger charge is 2.04. The summed E-state index contributed by atoms with van der Waals surface area (Å²) in [4.78, 5) is 4.50. The summed E-state index contributed by atoms with van der Waals surface area (Å²) in [5.41, 5.74) is 3.15. The van der Waals surface area contributed by atoms with Crippen LogP contribution in [0.4, 0.5) is 4.39 Å². The normalized spacial score (nSPS) is 12.2. The van der Waals surface area contributed by atoms with E-state index in [2.05, 4.69) is 15.6 Å². The second-order valence-corrected chi connectivity index (χ2v) is 7.86. The number of halogens is 2. The molecule has 0 aliphatic carbocycles. The molecule has 0 saturated carbocycles. The number of aryl methyl sites for hydroxylation is 1. The van der Waals surface area contributed by atoms with Gasteiger partial charge in [-0.15, -0.1) is 24.0 Å². The van der Waals surface area contributed by atoms with Crippen LogP contribution in [0.15, 0.2) is 53.5 Å². The van der Waals surface area contributed by atoms with Crippen molar-refractivity contribution in [2.75, 3.05) is 25.4 Å². The fourth-order valence-electron chi connectivity index (χ4n) is 2.69. The summed E-state index contributed by atoms with van der Waals surface area (Å²) in [7, 11) is -0.930. The third-order valence-electron chi connectivity index (χ3n) is 4.09. The predicted octanol–water partition coefficient (Wildman–Crippen LogP) is 3.80. The van der Waals surface area contributed by atoms with Crippen LogP contribution in [0.5, 0.6) is 0 Å². The van der Waals surface area contributed by atoms with E-state index in [1.165, 1.54) is 6.07 Å². The molecule has 7 heteroatoms. The van der Waals surface area contributed by atoms with Gasteiger partial charge in [-0.1, -0.05) is 36.4 Å². The summed E-state index contributed by atoms with van der Waals surface area (Å²) in [6, 6.07) is 14.7. The molecule has 1 unspecified atom stereocenters. The Hall–Kier alpha value is -1.48. The summed E-state index contributed by atoms with van der Waals surface area (Å²) in [6.45, 7) is 5.89. The first kappa shape index (κ1) is 24.6. The molecule has 1 atom stereocenters. The van der Waals surface area contributed by atoms with Gasteiger partial charge in [-0.3, -0.25) is 9.20 Å². The van der Waals surface area contributed by atoms with Gasteiger partial charge in [0.15, 0.2) is 5.96 Å². The fourth-order valence-corrected chi connectivity index (χ4v) is 3.69. The third-order valence-corrected chi connectivity index (χ3v) is 5.39. The molecular weight excluding hydrogens is 488 g/mol. The molecule has 0 aromatic heterocycles. The molecule has 2 N–H and O–H groups in total. The molecule has 0 heterocycles. The second kappa shape index (κ2) is 13.7. The summed E-state index contributed by atoms with van der Waals surface area (Å²) in [6.07, 6.45) is 0.788. The summed E-state index contributed by atoms with van der Waals surface area (Å²) in [5, 5.41) is 6.48. The van der Waals surface area contributed by atoms with E-state index in [-0.39, 0.29) is 29.8 Å². The Bertz CT molecular complexity index is 772. The number of rotatable bonds is 9. The van der Waals surface area contributed by atoms with E-state index >= 15 is 0 Å². The van der Waals surface area contributed by atoms with E-state index < -0.39 is 10.8 Å². The number of aliphatic imine (C=N–C) groups is 1. The quantitative estimate of drug-likeness (QED) is 0.302. The average Bonchev–Trinajstić information content (AvgIpc) is 2.64. The number of nitrogens with one attached hydrogen (secondary N) is 2. The molecule has 0 saturated heterocycles. The van der Waals surface area contributed by atoms with Gasteiger partial charge >= 0.3 is 0 Å². The third kappa shape index (κ3) is 9.14. The van der Waals surface area contributed by atoms with Crippen molar-refractivity contribution < 1.29 is 8.60 Å². The molecule has 0 spiro atoms. The van der Waals surface area contributed by atoms with Crippen LogP contribution in [0.3, 0.4) is 0 Å². The van der Waals surface area contributed by atoms with E-state index in [9.17, 15) is 8.60 Å². The second-order valence-electron chi connectivity index (χ2n) is 6.28. The molecular formula is C21H29FIN3OS. The summed E-state index contributed by atoms with van der Waals surface area (Å²) in [5.74, 6) is 1.60. The van der Waals surface area contributed by atoms with Crippen LogP contribution in [-0.4, -0.2) is 35.6 Å². The molecule has 28 heavy (non-hydrogen) atoms. The number of guanidine groups is 1. The van der Waals surface area contributed by atoms with Crippen LogP contribution in [0.25, 0.3) is 0 Å². The lowest BCUT2D eigenvalue weighted by molar-refractivity contribution is 0.625. The van der Waals surface area contributed by atoms with Gasteiger partial charge in [0.1, 0.15) is 5.82 Å². The van der Waals surface area contributed by atoms with Crippen molar-refractivity contribution in [1.29, 1.82) is 0 Å². The Morgan fingerprint density at radius 3 is 2.57 bits per heavy atom. The smallest absolute Gasteiger partial charge is 0.191 e. The number of hydrogen-bond acceptors (Lipinski definition) is 2. The topological polar surface area (TPSA) is 53.5 Å². The van der Waals surface area contributed by atoms with E-state index in [4.69, 9.17) is 0 Å². The van der Waals surface area contributed by atoms with Gasteiger partial charge in [0, 0.05) is 35.4 Å². The van der Waals surface area contributed by atoms with E-state index in [0.29, 0.717) is 30.6 Å². The Labute approximate surface area is 186 Å². The predicted molar refractivity (Wildman–Crippen MR) is 127 cm³/mol. The molecule has 4 nitrogen and oxygen atoms in total. The van der Waals surface area contributed by atoms with Crippen LogP contribution >= 0.6 is 24.0 Å². The van der Waals surface area contributed by atoms with Crippen molar-refractivity contribution in [3.05, 3.63) is 71.0 Å². The summed E-state index contributed by atoms with van der Waals surface area (Å²) >= 11 is 0. The fraction of sp³-hybridized carbons (Fsp3) is 0.381. The lowest BCUT2D eigenvalue weighted by atomic mass is 10.1. The highest BCUT2D eigenvalue weighted by Crippen LogP contribution is 2.10. The summed E-state index contributed by atoms with van der Waals surface area (Å²) < 4.78 is 25.4. The Balaban J connectivity index is 0.00000392. The van der Waals surface area contributed by atoms with Gasteiger partial charge in [-0.05, 0) is 49.1 Å². The van der Waals surface area contributed by atoms with E-state index in [1.54, 1.807) is 6.07 Å². The zero-order valence-corrected chi connectivity index (χ0v) is 19.6. The van der Waals surface area contributed by atoms with Gasteiger partial charge in [-0.25, -0.2) is 4.39 Å². The van der Waals surface area contributed by atoms with Gasteiger partial charge < -0.3 is 10.6 Å². The van der Waals surface area contributed by atoms with Gasteiger partial charge in [0.2, 0.25) is 0 Å². The van der Waals surface area contributed by atoms with Crippen LogP contribution in [0, 0.1) is 12.7 Å². The van der Waals surface area contributed by atoms with Crippen molar-refractivity contribution >= 4 is 40.7 Å². The van der Waals surface area contributed by atoms with Crippen molar-refractivity contribution in [3.8, 4) is 0 Å². The van der Waals surface area contributed by atoms with Crippen molar-refractivity contribution in [1.82, 2.24) is 10.6 Å². The Morgan fingerprint density at radius 1 is 1.14 bits per heavy atom. The van der Waals surface area contributed by atoms with Gasteiger partial charge in [-0.2, -0.15) is 0 Å². The molecule has 0 fully saturated rings. The lowest BCUT2D eigenvalue weighted by Crippen LogP contribution is -2.38. The monoisotopic (exact) mass is 517 g/mol. The first-order valence-electron chi connectivity index (χ1n) is 9.24. The van der Waals surface area contributed by atoms with Crippen LogP contribution < -0.4 is 10.6 Å². The lowest BCUT2D eigenvalue weighted by Gasteiger charge is -2.12. The Kier molecular flexibility index (Phi) is 12.0. The van der Waals surface area contributed by atoms with Crippen molar-refractivity contribution in [2.45, 2.75) is 26.0 Å². The molecule has 2 rings (SSSR count). The average molecular weight is 517 g/mol. The van der Waals surface area contributed by atoms with Crippen LogP contribution in [-0.2, 0) is 23.0 Å². The molecule has 2 aromatic rings. The van der Waals surface area contributed by atoms with Gasteiger partial charge in [0.05, 0.1) is 6.54 Å². The SMILES string of the molecule is CCNC(=NCCS(=O)Cc1ccccc1)NCCc1ccc(F)cc1C.I. The minimum absolute atomic E-state index is 0. The van der Waals surface area contributed by atoms with Crippen LogP contribution in [0.2, 0.25) is 0 Å². The molecule has 154 valence electrons. The standard InChI is InChI=1S/C21H28FN3OS.HI/c1-3-23-21(24-12-11-19-9-10-20(22)15-17(19)2)25-13-14-27(26)16-18-7-5-4-6-8-18;/h4-10,15H,3,11-14,16H2,1-2H3,(H2,23,24,25);1H. The first-order chi connectivity index (χ1) is 13.1. The minimum Gasteiger partial charge on any atom is -0.357 e. The molecule has 0 bridgehead atoms. The highest BCUT2D eigenvalue weighted by atomic mass is 127. The number of hydrogen-bond donors (Lipinski definition) is 2. The van der Waals surface area contributed by atoms with Crippen molar-refractivity contribution in [2.24, 2.45) is 4.99 Å². The van der Waals surface area contributed by atoms with E-state index in [1.807, 2.05) is 50.2 Å². The Morgan fingerprint density at radius 2 is 1.89 bits per heavy atom.